The predicted molar refractivity (Wildman–Crippen MR) is 73.2 cm³/mol. The van der Waals surface area contributed by atoms with Gasteiger partial charge in [0.15, 0.2) is 0 Å². The molecule has 106 valence electrons. The van der Waals surface area contributed by atoms with Gasteiger partial charge >= 0.3 is 0 Å². The maximum absolute atomic E-state index is 6.11. The van der Waals surface area contributed by atoms with Gasteiger partial charge in [0.2, 0.25) is 0 Å². The van der Waals surface area contributed by atoms with Crippen LogP contribution in [0.15, 0.2) is 30.3 Å². The average molecular weight is 282 g/mol. The molecule has 0 aliphatic carbocycles. The van der Waals surface area contributed by atoms with Crippen molar-refractivity contribution in [3.05, 3.63) is 35.9 Å². The van der Waals surface area contributed by atoms with Gasteiger partial charge in [-0.2, -0.15) is 0 Å². The highest BCUT2D eigenvalue weighted by molar-refractivity contribution is 5.13. The Balaban J connectivity index is 0.00000133. The summed E-state index contributed by atoms with van der Waals surface area (Å²) in [6.45, 7) is 8.06. The average Bonchev–Trinajstić information content (AvgIpc) is 2.62. The Morgan fingerprint density at radius 1 is 1.16 bits per heavy atom. The molecule has 2 nitrogen and oxygen atoms in total. The number of hydrogen-bond donors (Lipinski definition) is 0. The molecule has 1 aromatic rings. The third-order valence-electron chi connectivity index (χ3n) is 4.74. The van der Waals surface area contributed by atoms with Crippen LogP contribution in [0, 0.1) is 0 Å². The first-order valence-corrected chi connectivity index (χ1v) is 7.29. The molecule has 0 aromatic heterocycles. The van der Waals surface area contributed by atoms with Gasteiger partial charge in [0.1, 0.15) is 18.7 Å². The Bertz CT molecular complexity index is 406. The standard InChI is InChI=1S/C16H24NO.ClH/c1-2-18-16-9-6-11-17(14-16,12-10-16)13-15-7-4-3-5-8-15;/h3-5,7-8H,2,6,9-14H2,1H3;1H/q+1;/p-1. The minimum Gasteiger partial charge on any atom is -1.00 e. The van der Waals surface area contributed by atoms with Gasteiger partial charge in [-0.1, -0.05) is 30.3 Å². The molecule has 3 heteroatoms. The summed E-state index contributed by atoms with van der Waals surface area (Å²) in [6.07, 6.45) is 3.86. The number of quaternary nitrogens is 1. The maximum Gasteiger partial charge on any atom is 0.122 e. The summed E-state index contributed by atoms with van der Waals surface area (Å²) in [5.41, 5.74) is 1.69. The topological polar surface area (TPSA) is 9.23 Å². The van der Waals surface area contributed by atoms with E-state index in [2.05, 4.69) is 37.3 Å². The van der Waals surface area contributed by atoms with Crippen LogP contribution >= 0.6 is 0 Å². The van der Waals surface area contributed by atoms with E-state index in [4.69, 9.17) is 4.74 Å². The van der Waals surface area contributed by atoms with Gasteiger partial charge in [0, 0.05) is 18.6 Å². The van der Waals surface area contributed by atoms with E-state index in [0.29, 0.717) is 0 Å². The van der Waals surface area contributed by atoms with Crippen LogP contribution in [0.5, 0.6) is 0 Å². The number of rotatable bonds is 4. The molecule has 0 amide bonds. The molecule has 0 saturated carbocycles. The van der Waals surface area contributed by atoms with E-state index in [0.717, 1.165) is 6.61 Å². The van der Waals surface area contributed by atoms with Crippen molar-refractivity contribution in [1.29, 1.82) is 0 Å². The smallest absolute Gasteiger partial charge is 0.122 e. The number of ether oxygens (including phenoxy) is 1. The van der Waals surface area contributed by atoms with Crippen molar-refractivity contribution < 1.29 is 21.6 Å². The molecular formula is C16H24ClNO. The van der Waals surface area contributed by atoms with E-state index >= 15 is 0 Å². The lowest BCUT2D eigenvalue weighted by Gasteiger charge is -2.41. The van der Waals surface area contributed by atoms with Crippen LogP contribution in [-0.4, -0.2) is 36.3 Å². The highest BCUT2D eigenvalue weighted by atomic mass is 35.5. The van der Waals surface area contributed by atoms with E-state index in [-0.39, 0.29) is 18.0 Å². The minimum atomic E-state index is 0. The van der Waals surface area contributed by atoms with Gasteiger partial charge in [0.05, 0.1) is 13.1 Å². The van der Waals surface area contributed by atoms with E-state index < -0.39 is 0 Å². The fourth-order valence-electron chi connectivity index (χ4n) is 4.02. The summed E-state index contributed by atoms with van der Waals surface area (Å²) in [6, 6.07) is 11.0. The molecule has 2 aliphatic rings. The second-order valence-electron chi connectivity index (χ2n) is 6.06. The van der Waals surface area contributed by atoms with Crippen molar-refractivity contribution in [2.75, 3.05) is 26.2 Å². The van der Waals surface area contributed by atoms with Crippen molar-refractivity contribution >= 4 is 0 Å². The summed E-state index contributed by atoms with van der Waals surface area (Å²) in [4.78, 5) is 0. The van der Waals surface area contributed by atoms with Gasteiger partial charge in [-0.25, -0.2) is 0 Å². The SMILES string of the molecule is CCOC12CCC[N+](Cc3ccccc3)(CC1)C2.[Cl-]. The van der Waals surface area contributed by atoms with E-state index in [1.54, 1.807) is 0 Å². The molecule has 0 radical (unpaired) electrons. The van der Waals surface area contributed by atoms with Gasteiger partial charge in [-0.05, 0) is 19.8 Å². The molecule has 2 bridgehead atoms. The molecule has 2 unspecified atom stereocenters. The number of fused-ring (bicyclic) bond motifs is 2. The number of nitrogens with zero attached hydrogens (tertiary/aromatic N) is 1. The summed E-state index contributed by atoms with van der Waals surface area (Å²) in [7, 11) is 0. The van der Waals surface area contributed by atoms with Crippen LogP contribution in [0.4, 0.5) is 0 Å². The van der Waals surface area contributed by atoms with Gasteiger partial charge in [-0.3, -0.25) is 0 Å². The molecule has 0 N–H and O–H groups in total. The second kappa shape index (κ2) is 5.82. The first-order chi connectivity index (χ1) is 8.76. The number of benzene rings is 1. The van der Waals surface area contributed by atoms with Crippen LogP contribution in [0.25, 0.3) is 0 Å². The maximum atomic E-state index is 6.11. The lowest BCUT2D eigenvalue weighted by Crippen LogP contribution is -3.00. The third-order valence-corrected chi connectivity index (χ3v) is 4.74. The van der Waals surface area contributed by atoms with E-state index in [1.165, 1.54) is 55.5 Å². The lowest BCUT2D eigenvalue weighted by molar-refractivity contribution is -0.936. The molecule has 3 rings (SSSR count). The zero-order chi connectivity index (χ0) is 12.5. The van der Waals surface area contributed by atoms with Crippen molar-refractivity contribution in [3.63, 3.8) is 0 Å². The van der Waals surface area contributed by atoms with Gasteiger partial charge in [0.25, 0.3) is 0 Å². The van der Waals surface area contributed by atoms with Crippen molar-refractivity contribution in [2.45, 2.75) is 38.3 Å². The van der Waals surface area contributed by atoms with Crippen LogP contribution in [0.2, 0.25) is 0 Å². The lowest BCUT2D eigenvalue weighted by atomic mass is 9.93. The van der Waals surface area contributed by atoms with Crippen LogP contribution < -0.4 is 12.4 Å². The number of hydrogen-bond acceptors (Lipinski definition) is 1. The molecule has 2 heterocycles. The molecule has 19 heavy (non-hydrogen) atoms. The molecule has 2 fully saturated rings. The molecule has 2 atom stereocenters. The Hall–Kier alpha value is -0.570. The minimum absolute atomic E-state index is 0. The summed E-state index contributed by atoms with van der Waals surface area (Å²) in [5.74, 6) is 0. The fourth-order valence-corrected chi connectivity index (χ4v) is 4.02. The predicted octanol–water partition coefficient (Wildman–Crippen LogP) is -0.0198. The molecule has 1 aromatic carbocycles. The molecule has 2 aliphatic heterocycles. The van der Waals surface area contributed by atoms with Crippen molar-refractivity contribution in [3.8, 4) is 0 Å². The van der Waals surface area contributed by atoms with E-state index in [9.17, 15) is 0 Å². The molecule has 2 saturated heterocycles. The largest absolute Gasteiger partial charge is 1.00 e. The number of halogens is 1. The van der Waals surface area contributed by atoms with Crippen molar-refractivity contribution in [1.82, 2.24) is 0 Å². The fraction of sp³-hybridized carbons (Fsp3) is 0.625. The Morgan fingerprint density at radius 3 is 2.68 bits per heavy atom. The number of piperidine rings is 1. The monoisotopic (exact) mass is 281 g/mol. The van der Waals surface area contributed by atoms with Gasteiger partial charge in [-0.15, -0.1) is 0 Å². The quantitative estimate of drug-likeness (QED) is 0.705. The molecular weight excluding hydrogens is 258 g/mol. The van der Waals surface area contributed by atoms with Crippen LogP contribution in [0.1, 0.15) is 31.7 Å². The first-order valence-electron chi connectivity index (χ1n) is 7.29. The summed E-state index contributed by atoms with van der Waals surface area (Å²) < 4.78 is 7.36. The third kappa shape index (κ3) is 2.96. The Morgan fingerprint density at radius 2 is 1.95 bits per heavy atom. The zero-order valence-electron chi connectivity index (χ0n) is 11.8. The second-order valence-corrected chi connectivity index (χ2v) is 6.06. The highest BCUT2D eigenvalue weighted by Crippen LogP contribution is 2.41. The summed E-state index contributed by atoms with van der Waals surface area (Å²) in [5, 5.41) is 0. The zero-order valence-corrected chi connectivity index (χ0v) is 12.5. The van der Waals surface area contributed by atoms with Crippen molar-refractivity contribution in [2.24, 2.45) is 0 Å². The van der Waals surface area contributed by atoms with Crippen LogP contribution in [-0.2, 0) is 11.3 Å². The Labute approximate surface area is 122 Å². The van der Waals surface area contributed by atoms with E-state index in [1.807, 2.05) is 0 Å². The highest BCUT2D eigenvalue weighted by Gasteiger charge is 2.52. The first kappa shape index (κ1) is 14.8. The summed E-state index contributed by atoms with van der Waals surface area (Å²) >= 11 is 0. The Kier molecular flexibility index (Phi) is 4.54. The van der Waals surface area contributed by atoms with Gasteiger partial charge < -0.3 is 21.6 Å². The van der Waals surface area contributed by atoms with Crippen LogP contribution in [0.3, 0.4) is 0 Å². The molecule has 0 spiro atoms. The normalized spacial score (nSPS) is 32.9.